The Balaban J connectivity index is 2.74. The van der Waals surface area contributed by atoms with Crippen LogP contribution in [0.2, 0.25) is 0 Å². The van der Waals surface area contributed by atoms with Crippen LogP contribution in [0, 0.1) is 6.92 Å². The third-order valence-electron chi connectivity index (χ3n) is 2.64. The molecule has 1 N–H and O–H groups in total. The molecule has 6 heteroatoms. The Labute approximate surface area is 107 Å². The van der Waals surface area contributed by atoms with E-state index in [1.165, 1.54) is 22.1 Å². The van der Waals surface area contributed by atoms with Gasteiger partial charge in [0.25, 0.3) is 0 Å². The number of carboxylic acids is 1. The number of aromatic nitrogens is 2. The summed E-state index contributed by atoms with van der Waals surface area (Å²) in [6.45, 7) is 4.03. The van der Waals surface area contributed by atoms with E-state index in [2.05, 4.69) is 4.98 Å². The lowest BCUT2D eigenvalue weighted by molar-refractivity contribution is 0.0696. The zero-order valence-corrected chi connectivity index (χ0v) is 10.8. The topological polar surface area (TPSA) is 72.2 Å². The van der Waals surface area contributed by atoms with Crippen molar-refractivity contribution in [1.82, 2.24) is 9.55 Å². The van der Waals surface area contributed by atoms with Gasteiger partial charge in [0.15, 0.2) is 0 Å². The Bertz CT molecular complexity index is 658. The van der Waals surface area contributed by atoms with Crippen LogP contribution in [0.15, 0.2) is 22.4 Å². The molecule has 5 nitrogen and oxygen atoms in total. The second-order valence-electron chi connectivity index (χ2n) is 3.81. The average molecular weight is 264 g/mol. The SMILES string of the molecule is CCn1cc(C(=O)O)c(-c2sccc2C)nc1=O. The molecule has 94 valence electrons. The number of thiophene rings is 1. The predicted octanol–water partition coefficient (Wildman–Crippen LogP) is 2.00. The van der Waals surface area contributed by atoms with Gasteiger partial charge in [0.1, 0.15) is 11.3 Å². The Kier molecular flexibility index (Phi) is 3.29. The molecule has 2 heterocycles. The lowest BCUT2D eigenvalue weighted by Crippen LogP contribution is -2.24. The van der Waals surface area contributed by atoms with Crippen LogP contribution < -0.4 is 5.69 Å². The predicted molar refractivity (Wildman–Crippen MR) is 69.2 cm³/mol. The van der Waals surface area contributed by atoms with Crippen LogP contribution >= 0.6 is 11.3 Å². The maximum Gasteiger partial charge on any atom is 0.348 e. The van der Waals surface area contributed by atoms with Crippen LogP contribution in [0.3, 0.4) is 0 Å². The van der Waals surface area contributed by atoms with Gasteiger partial charge in [-0.1, -0.05) is 0 Å². The van der Waals surface area contributed by atoms with Crippen molar-refractivity contribution in [3.05, 3.63) is 39.3 Å². The van der Waals surface area contributed by atoms with Crippen LogP contribution in [0.5, 0.6) is 0 Å². The second kappa shape index (κ2) is 4.73. The Morgan fingerprint density at radius 1 is 1.56 bits per heavy atom. The number of aryl methyl sites for hydroxylation is 2. The van der Waals surface area contributed by atoms with E-state index < -0.39 is 11.7 Å². The van der Waals surface area contributed by atoms with Crippen molar-refractivity contribution in [2.75, 3.05) is 0 Å². The fourth-order valence-electron chi connectivity index (χ4n) is 1.66. The molecule has 0 aromatic carbocycles. The minimum atomic E-state index is -1.08. The highest BCUT2D eigenvalue weighted by Gasteiger charge is 2.18. The minimum absolute atomic E-state index is 0.0574. The Hall–Kier alpha value is -1.95. The summed E-state index contributed by atoms with van der Waals surface area (Å²) in [6, 6.07) is 1.87. The zero-order chi connectivity index (χ0) is 13.3. The fourth-order valence-corrected chi connectivity index (χ4v) is 2.59. The van der Waals surface area contributed by atoms with E-state index in [1.54, 1.807) is 6.92 Å². The summed E-state index contributed by atoms with van der Waals surface area (Å²) in [5.74, 6) is -1.08. The molecule has 0 fully saturated rings. The Morgan fingerprint density at radius 3 is 2.78 bits per heavy atom. The first-order valence-electron chi connectivity index (χ1n) is 5.43. The summed E-state index contributed by atoms with van der Waals surface area (Å²) in [5.41, 5.74) is 0.806. The summed E-state index contributed by atoms with van der Waals surface area (Å²) >= 11 is 1.38. The number of hydrogen-bond acceptors (Lipinski definition) is 4. The number of carbonyl (C=O) groups is 1. The van der Waals surface area contributed by atoms with Gasteiger partial charge in [-0.2, -0.15) is 4.98 Å². The van der Waals surface area contributed by atoms with E-state index in [4.69, 9.17) is 0 Å². The summed E-state index contributed by atoms with van der Waals surface area (Å²) < 4.78 is 1.29. The van der Waals surface area contributed by atoms with E-state index in [0.717, 1.165) is 10.4 Å². The van der Waals surface area contributed by atoms with Gasteiger partial charge >= 0.3 is 11.7 Å². The van der Waals surface area contributed by atoms with Crippen molar-refractivity contribution in [3.8, 4) is 10.6 Å². The molecule has 0 spiro atoms. The molecule has 0 aliphatic heterocycles. The average Bonchev–Trinajstić information content (AvgIpc) is 2.74. The van der Waals surface area contributed by atoms with Crippen LogP contribution in [0.1, 0.15) is 22.8 Å². The van der Waals surface area contributed by atoms with Crippen molar-refractivity contribution in [2.24, 2.45) is 0 Å². The largest absolute Gasteiger partial charge is 0.478 e. The van der Waals surface area contributed by atoms with Gasteiger partial charge in [-0.3, -0.25) is 4.57 Å². The Morgan fingerprint density at radius 2 is 2.28 bits per heavy atom. The van der Waals surface area contributed by atoms with E-state index in [1.807, 2.05) is 18.4 Å². The maximum absolute atomic E-state index is 11.7. The van der Waals surface area contributed by atoms with Gasteiger partial charge in [0.05, 0.1) is 4.88 Å². The monoisotopic (exact) mass is 264 g/mol. The molecule has 0 saturated carbocycles. The molecule has 2 aromatic heterocycles. The third-order valence-corrected chi connectivity index (χ3v) is 3.66. The van der Waals surface area contributed by atoms with Gasteiger partial charge in [-0.25, -0.2) is 9.59 Å². The summed E-state index contributed by atoms with van der Waals surface area (Å²) in [4.78, 5) is 27.6. The highest BCUT2D eigenvalue weighted by molar-refractivity contribution is 7.13. The first kappa shape index (κ1) is 12.5. The molecular weight excluding hydrogens is 252 g/mol. The zero-order valence-electron chi connectivity index (χ0n) is 10.0. The van der Waals surface area contributed by atoms with E-state index in [0.29, 0.717) is 6.54 Å². The number of aromatic carboxylic acids is 1. The molecule has 0 unspecified atom stereocenters. The maximum atomic E-state index is 11.7. The number of nitrogens with zero attached hydrogens (tertiary/aromatic N) is 2. The lowest BCUT2D eigenvalue weighted by atomic mass is 10.1. The van der Waals surface area contributed by atoms with E-state index in [-0.39, 0.29) is 11.3 Å². The van der Waals surface area contributed by atoms with Crippen LogP contribution in [-0.2, 0) is 6.54 Å². The molecule has 2 aromatic rings. The standard InChI is InChI=1S/C12H12N2O3S/c1-3-14-6-8(11(15)16)9(13-12(14)17)10-7(2)4-5-18-10/h4-6H,3H2,1-2H3,(H,15,16). The van der Waals surface area contributed by atoms with Crippen LogP contribution in [0.4, 0.5) is 0 Å². The molecule has 18 heavy (non-hydrogen) atoms. The molecular formula is C12H12N2O3S. The lowest BCUT2D eigenvalue weighted by Gasteiger charge is -2.07. The molecule has 0 aliphatic carbocycles. The van der Waals surface area contributed by atoms with Crippen molar-refractivity contribution in [3.63, 3.8) is 0 Å². The van der Waals surface area contributed by atoms with Gasteiger partial charge in [0, 0.05) is 12.7 Å². The number of hydrogen-bond donors (Lipinski definition) is 1. The molecule has 0 amide bonds. The van der Waals surface area contributed by atoms with Crippen LogP contribution in [-0.4, -0.2) is 20.6 Å². The minimum Gasteiger partial charge on any atom is -0.478 e. The van der Waals surface area contributed by atoms with Gasteiger partial charge in [-0.15, -0.1) is 11.3 Å². The normalized spacial score (nSPS) is 10.6. The molecule has 0 saturated heterocycles. The van der Waals surface area contributed by atoms with E-state index >= 15 is 0 Å². The van der Waals surface area contributed by atoms with Gasteiger partial charge in [-0.05, 0) is 30.9 Å². The van der Waals surface area contributed by atoms with Crippen molar-refractivity contribution < 1.29 is 9.90 Å². The second-order valence-corrected chi connectivity index (χ2v) is 4.73. The van der Waals surface area contributed by atoms with Crippen molar-refractivity contribution in [1.29, 1.82) is 0 Å². The van der Waals surface area contributed by atoms with Crippen LogP contribution in [0.25, 0.3) is 10.6 Å². The highest BCUT2D eigenvalue weighted by Crippen LogP contribution is 2.29. The molecule has 0 atom stereocenters. The van der Waals surface area contributed by atoms with Crippen molar-refractivity contribution >= 4 is 17.3 Å². The van der Waals surface area contributed by atoms with Crippen molar-refractivity contribution in [2.45, 2.75) is 20.4 Å². The number of rotatable bonds is 3. The third kappa shape index (κ3) is 2.06. The molecule has 0 bridgehead atoms. The smallest absolute Gasteiger partial charge is 0.348 e. The number of carboxylic acid groups (broad SMARTS) is 1. The summed E-state index contributed by atoms with van der Waals surface area (Å²) in [6.07, 6.45) is 1.35. The summed E-state index contributed by atoms with van der Waals surface area (Å²) in [5, 5.41) is 11.1. The fraction of sp³-hybridized carbons (Fsp3) is 0.250. The van der Waals surface area contributed by atoms with Gasteiger partial charge < -0.3 is 5.11 Å². The first-order chi connectivity index (χ1) is 8.54. The summed E-state index contributed by atoms with van der Waals surface area (Å²) in [7, 11) is 0. The molecule has 0 aliphatic rings. The first-order valence-corrected chi connectivity index (χ1v) is 6.31. The van der Waals surface area contributed by atoms with E-state index in [9.17, 15) is 14.7 Å². The molecule has 2 rings (SSSR count). The van der Waals surface area contributed by atoms with Gasteiger partial charge in [0.2, 0.25) is 0 Å². The molecule has 0 radical (unpaired) electrons. The quantitative estimate of drug-likeness (QED) is 0.920. The highest BCUT2D eigenvalue weighted by atomic mass is 32.1.